The maximum absolute atomic E-state index is 11.3. The summed E-state index contributed by atoms with van der Waals surface area (Å²) in [5, 5.41) is 9.27. The van der Waals surface area contributed by atoms with E-state index in [0.717, 1.165) is 25.9 Å². The molecule has 1 aromatic rings. The van der Waals surface area contributed by atoms with Gasteiger partial charge >= 0.3 is 5.97 Å². The molecule has 1 saturated heterocycles. The van der Waals surface area contributed by atoms with Crippen molar-refractivity contribution in [1.82, 2.24) is 4.90 Å². The molecule has 3 nitrogen and oxygen atoms in total. The molecule has 1 aliphatic heterocycles. The molecule has 0 radical (unpaired) electrons. The van der Waals surface area contributed by atoms with Crippen LogP contribution >= 0.6 is 0 Å². The maximum atomic E-state index is 11.3. The summed E-state index contributed by atoms with van der Waals surface area (Å²) in [7, 11) is 0. The van der Waals surface area contributed by atoms with Gasteiger partial charge in [-0.05, 0) is 48.4 Å². The Balaban J connectivity index is 2.22. The Kier molecular flexibility index (Phi) is 4.19. The number of aryl methyl sites for hydroxylation is 1. The van der Waals surface area contributed by atoms with Gasteiger partial charge in [-0.2, -0.15) is 0 Å². The minimum absolute atomic E-state index is 0.125. The lowest BCUT2D eigenvalue weighted by atomic mass is 9.85. The van der Waals surface area contributed by atoms with Gasteiger partial charge in [0.05, 0.1) is 0 Å². The fraction of sp³-hybridized carbons (Fsp3) is 0.588. The Hall–Kier alpha value is -1.35. The zero-order valence-corrected chi connectivity index (χ0v) is 12.9. The number of aliphatic carboxylic acids is 1. The van der Waals surface area contributed by atoms with Crippen molar-refractivity contribution in [2.75, 3.05) is 6.54 Å². The van der Waals surface area contributed by atoms with Gasteiger partial charge in [0.25, 0.3) is 0 Å². The van der Waals surface area contributed by atoms with E-state index in [4.69, 9.17) is 0 Å². The van der Waals surface area contributed by atoms with Crippen LogP contribution in [-0.2, 0) is 16.8 Å². The van der Waals surface area contributed by atoms with Crippen LogP contribution in [0.15, 0.2) is 18.2 Å². The largest absolute Gasteiger partial charge is 0.480 e. The Bertz CT molecular complexity index is 502. The van der Waals surface area contributed by atoms with Crippen LogP contribution in [0.3, 0.4) is 0 Å². The van der Waals surface area contributed by atoms with E-state index >= 15 is 0 Å². The molecule has 20 heavy (non-hydrogen) atoms. The third-order valence-electron chi connectivity index (χ3n) is 4.24. The molecule has 1 fully saturated rings. The van der Waals surface area contributed by atoms with Gasteiger partial charge in [0.1, 0.15) is 6.04 Å². The summed E-state index contributed by atoms with van der Waals surface area (Å²) in [6.45, 7) is 10.3. The Morgan fingerprint density at radius 1 is 1.40 bits per heavy atom. The summed E-state index contributed by atoms with van der Waals surface area (Å²) < 4.78 is 0. The number of likely N-dealkylation sites (tertiary alicyclic amines) is 1. The molecular formula is C17H25NO2. The highest BCUT2D eigenvalue weighted by Gasteiger charge is 2.30. The van der Waals surface area contributed by atoms with Crippen LogP contribution in [0.25, 0.3) is 0 Å². The van der Waals surface area contributed by atoms with Crippen molar-refractivity contribution in [1.29, 1.82) is 0 Å². The molecular weight excluding hydrogens is 250 g/mol. The van der Waals surface area contributed by atoms with Crippen LogP contribution in [0.4, 0.5) is 0 Å². The summed E-state index contributed by atoms with van der Waals surface area (Å²) in [5.74, 6) is -0.688. The van der Waals surface area contributed by atoms with Crippen molar-refractivity contribution in [3.63, 3.8) is 0 Å². The summed E-state index contributed by atoms with van der Waals surface area (Å²) in [4.78, 5) is 13.4. The summed E-state index contributed by atoms with van der Waals surface area (Å²) in [6, 6.07) is 6.26. The van der Waals surface area contributed by atoms with Gasteiger partial charge in [0, 0.05) is 6.54 Å². The fourth-order valence-electron chi connectivity index (χ4n) is 2.82. The van der Waals surface area contributed by atoms with Crippen molar-refractivity contribution < 1.29 is 9.90 Å². The van der Waals surface area contributed by atoms with Crippen LogP contribution < -0.4 is 0 Å². The Labute approximate surface area is 121 Å². The normalized spacial score (nSPS) is 20.3. The van der Waals surface area contributed by atoms with Crippen LogP contribution in [0.5, 0.6) is 0 Å². The van der Waals surface area contributed by atoms with E-state index in [1.165, 1.54) is 16.7 Å². The zero-order chi connectivity index (χ0) is 14.9. The second kappa shape index (κ2) is 5.57. The lowest BCUT2D eigenvalue weighted by Gasteiger charge is -2.25. The van der Waals surface area contributed by atoms with Crippen molar-refractivity contribution >= 4 is 5.97 Å². The number of hydrogen-bond donors (Lipinski definition) is 1. The topological polar surface area (TPSA) is 40.5 Å². The van der Waals surface area contributed by atoms with Crippen LogP contribution in [0.2, 0.25) is 0 Å². The number of nitrogens with zero attached hydrogens (tertiary/aromatic N) is 1. The molecule has 1 aliphatic rings. The quantitative estimate of drug-likeness (QED) is 0.919. The van der Waals surface area contributed by atoms with Gasteiger partial charge in [-0.3, -0.25) is 9.69 Å². The first-order valence-corrected chi connectivity index (χ1v) is 7.36. The van der Waals surface area contributed by atoms with E-state index in [-0.39, 0.29) is 11.5 Å². The molecule has 1 N–H and O–H groups in total. The predicted molar refractivity (Wildman–Crippen MR) is 80.9 cm³/mol. The molecule has 0 saturated carbocycles. The maximum Gasteiger partial charge on any atom is 0.320 e. The molecule has 3 heteroatoms. The monoisotopic (exact) mass is 275 g/mol. The Morgan fingerprint density at radius 3 is 2.70 bits per heavy atom. The summed E-state index contributed by atoms with van der Waals surface area (Å²) >= 11 is 0. The number of benzene rings is 1. The lowest BCUT2D eigenvalue weighted by Crippen LogP contribution is -2.35. The standard InChI is InChI=1S/C17H25NO2/c1-12-7-8-14(17(2,3)4)10-13(12)11-18-9-5-6-15(18)16(19)20/h7-8,10,15H,5-6,9,11H2,1-4H3,(H,19,20). The smallest absolute Gasteiger partial charge is 0.320 e. The zero-order valence-electron chi connectivity index (χ0n) is 12.9. The van der Waals surface area contributed by atoms with E-state index in [2.05, 4.69) is 50.8 Å². The lowest BCUT2D eigenvalue weighted by molar-refractivity contribution is -0.142. The van der Waals surface area contributed by atoms with E-state index in [9.17, 15) is 9.90 Å². The van der Waals surface area contributed by atoms with Crippen LogP contribution in [-0.4, -0.2) is 28.6 Å². The molecule has 0 aromatic heterocycles. The third-order valence-corrected chi connectivity index (χ3v) is 4.24. The van der Waals surface area contributed by atoms with Gasteiger partial charge in [0.15, 0.2) is 0 Å². The first kappa shape index (κ1) is 15.0. The van der Waals surface area contributed by atoms with E-state index < -0.39 is 5.97 Å². The molecule has 0 bridgehead atoms. The Morgan fingerprint density at radius 2 is 2.10 bits per heavy atom. The van der Waals surface area contributed by atoms with E-state index in [0.29, 0.717) is 0 Å². The van der Waals surface area contributed by atoms with Gasteiger partial charge < -0.3 is 5.11 Å². The number of hydrogen-bond acceptors (Lipinski definition) is 2. The number of rotatable bonds is 3. The molecule has 2 rings (SSSR count). The molecule has 110 valence electrons. The second-order valence-electron chi connectivity index (χ2n) is 6.86. The molecule has 0 spiro atoms. The van der Waals surface area contributed by atoms with Gasteiger partial charge in [-0.15, -0.1) is 0 Å². The average molecular weight is 275 g/mol. The molecule has 1 unspecified atom stereocenters. The molecule has 1 heterocycles. The van der Waals surface area contributed by atoms with Crippen LogP contribution in [0.1, 0.15) is 50.3 Å². The minimum Gasteiger partial charge on any atom is -0.480 e. The van der Waals surface area contributed by atoms with Gasteiger partial charge in [-0.25, -0.2) is 0 Å². The number of carboxylic acids is 1. The van der Waals surface area contributed by atoms with E-state index in [1.807, 2.05) is 0 Å². The third kappa shape index (κ3) is 3.21. The fourth-order valence-corrected chi connectivity index (χ4v) is 2.82. The molecule has 0 amide bonds. The van der Waals surface area contributed by atoms with Crippen molar-refractivity contribution in [3.05, 3.63) is 34.9 Å². The minimum atomic E-state index is -0.688. The molecule has 1 aromatic carbocycles. The average Bonchev–Trinajstić information content (AvgIpc) is 2.78. The summed E-state index contributed by atoms with van der Waals surface area (Å²) in [5.41, 5.74) is 3.93. The molecule has 1 atom stereocenters. The van der Waals surface area contributed by atoms with Crippen molar-refractivity contribution in [3.8, 4) is 0 Å². The van der Waals surface area contributed by atoms with Gasteiger partial charge in [-0.1, -0.05) is 39.0 Å². The van der Waals surface area contributed by atoms with Crippen molar-refractivity contribution in [2.24, 2.45) is 0 Å². The molecule has 0 aliphatic carbocycles. The first-order chi connectivity index (χ1) is 9.29. The highest BCUT2D eigenvalue weighted by atomic mass is 16.4. The second-order valence-corrected chi connectivity index (χ2v) is 6.86. The van der Waals surface area contributed by atoms with E-state index in [1.54, 1.807) is 0 Å². The van der Waals surface area contributed by atoms with Crippen molar-refractivity contribution in [2.45, 2.75) is 58.5 Å². The SMILES string of the molecule is Cc1ccc(C(C)(C)C)cc1CN1CCCC1C(=O)O. The summed E-state index contributed by atoms with van der Waals surface area (Å²) in [6.07, 6.45) is 1.75. The van der Waals surface area contributed by atoms with Gasteiger partial charge in [0.2, 0.25) is 0 Å². The highest BCUT2D eigenvalue weighted by Crippen LogP contribution is 2.27. The first-order valence-electron chi connectivity index (χ1n) is 7.36. The van der Waals surface area contributed by atoms with Crippen LogP contribution in [0, 0.1) is 6.92 Å². The number of carbonyl (C=O) groups is 1. The predicted octanol–water partition coefficient (Wildman–Crippen LogP) is 3.34. The number of carboxylic acid groups (broad SMARTS) is 1. The highest BCUT2D eigenvalue weighted by molar-refractivity contribution is 5.73.